The minimum Gasteiger partial charge on any atom is -0.354 e. The fraction of sp³-hybridized carbons (Fsp3) is 0.529. The molecule has 5 nitrogen and oxygen atoms in total. The van der Waals surface area contributed by atoms with Gasteiger partial charge in [-0.05, 0) is 24.9 Å². The number of benzene rings is 1. The Kier molecular flexibility index (Phi) is 8.66. The van der Waals surface area contributed by atoms with Crippen molar-refractivity contribution in [2.24, 2.45) is 0 Å². The normalized spacial score (nSPS) is 16.5. The maximum atomic E-state index is 11.9. The molecule has 1 atom stereocenters. The summed E-state index contributed by atoms with van der Waals surface area (Å²) in [6.45, 7) is 4.26. The first-order valence-electron chi connectivity index (χ1n) is 7.94. The van der Waals surface area contributed by atoms with Crippen LogP contribution in [0.2, 0.25) is 0 Å². The molecule has 1 fully saturated rings. The van der Waals surface area contributed by atoms with Crippen LogP contribution in [0.1, 0.15) is 31.7 Å². The van der Waals surface area contributed by atoms with Crippen molar-refractivity contribution in [1.29, 1.82) is 0 Å². The van der Waals surface area contributed by atoms with Crippen LogP contribution in [0.25, 0.3) is 0 Å². The SMILES string of the molecule is CC(=O)N(CCC(=O)NCC1CCCN1)Cc1ccccc1.Cl. The third-order valence-corrected chi connectivity index (χ3v) is 3.98. The Balaban J connectivity index is 0.00000264. The molecular formula is C17H26ClN3O2. The maximum Gasteiger partial charge on any atom is 0.221 e. The second-order valence-electron chi connectivity index (χ2n) is 5.77. The number of carbonyl (C=O) groups is 2. The second kappa shape index (κ2) is 10.2. The number of nitrogens with zero attached hydrogens (tertiary/aromatic N) is 1. The van der Waals surface area contributed by atoms with E-state index in [1.807, 2.05) is 30.3 Å². The van der Waals surface area contributed by atoms with E-state index in [0.717, 1.165) is 18.5 Å². The Morgan fingerprint density at radius 2 is 2.04 bits per heavy atom. The second-order valence-corrected chi connectivity index (χ2v) is 5.77. The molecular weight excluding hydrogens is 314 g/mol. The predicted octanol–water partition coefficient (Wildman–Crippen LogP) is 1.72. The molecule has 128 valence electrons. The molecule has 0 bridgehead atoms. The third-order valence-electron chi connectivity index (χ3n) is 3.98. The molecule has 2 amide bonds. The lowest BCUT2D eigenvalue weighted by atomic mass is 10.2. The molecule has 0 aromatic heterocycles. The van der Waals surface area contributed by atoms with Crippen molar-refractivity contribution in [3.63, 3.8) is 0 Å². The molecule has 1 unspecified atom stereocenters. The van der Waals surface area contributed by atoms with E-state index < -0.39 is 0 Å². The Morgan fingerprint density at radius 3 is 2.65 bits per heavy atom. The van der Waals surface area contributed by atoms with E-state index in [1.165, 1.54) is 6.42 Å². The Hall–Kier alpha value is -1.59. The molecule has 1 aliphatic heterocycles. The summed E-state index contributed by atoms with van der Waals surface area (Å²) in [5.41, 5.74) is 1.08. The molecule has 1 aromatic rings. The molecule has 0 saturated carbocycles. The van der Waals surface area contributed by atoms with E-state index in [4.69, 9.17) is 0 Å². The monoisotopic (exact) mass is 339 g/mol. The molecule has 0 spiro atoms. The minimum atomic E-state index is -0.00545. The van der Waals surface area contributed by atoms with Crippen LogP contribution in [0.5, 0.6) is 0 Å². The molecule has 1 aliphatic rings. The van der Waals surface area contributed by atoms with Crippen molar-refractivity contribution in [3.05, 3.63) is 35.9 Å². The summed E-state index contributed by atoms with van der Waals surface area (Å²) < 4.78 is 0. The van der Waals surface area contributed by atoms with Gasteiger partial charge in [0.05, 0.1) is 0 Å². The average molecular weight is 340 g/mol. The summed E-state index contributed by atoms with van der Waals surface area (Å²) in [7, 11) is 0. The number of nitrogens with one attached hydrogen (secondary N) is 2. The van der Waals surface area contributed by atoms with Gasteiger partial charge in [0.15, 0.2) is 0 Å². The van der Waals surface area contributed by atoms with Crippen molar-refractivity contribution < 1.29 is 9.59 Å². The standard InChI is InChI=1S/C17H25N3O2.ClH/c1-14(21)20(13-15-6-3-2-4-7-15)11-9-17(22)19-12-16-8-5-10-18-16;/h2-4,6-7,16,18H,5,8-13H2,1H3,(H,19,22);1H. The van der Waals surface area contributed by atoms with Gasteiger partial charge < -0.3 is 15.5 Å². The molecule has 6 heteroatoms. The van der Waals surface area contributed by atoms with Crippen LogP contribution in [0.15, 0.2) is 30.3 Å². The lowest BCUT2D eigenvalue weighted by Crippen LogP contribution is -2.39. The van der Waals surface area contributed by atoms with Crippen molar-refractivity contribution in [2.75, 3.05) is 19.6 Å². The van der Waals surface area contributed by atoms with Crippen LogP contribution < -0.4 is 10.6 Å². The molecule has 1 aromatic carbocycles. The summed E-state index contributed by atoms with van der Waals surface area (Å²) in [4.78, 5) is 25.3. The van der Waals surface area contributed by atoms with Gasteiger partial charge in [-0.1, -0.05) is 30.3 Å². The van der Waals surface area contributed by atoms with Gasteiger partial charge in [-0.2, -0.15) is 0 Å². The van der Waals surface area contributed by atoms with E-state index >= 15 is 0 Å². The van der Waals surface area contributed by atoms with E-state index in [9.17, 15) is 9.59 Å². The van der Waals surface area contributed by atoms with E-state index in [0.29, 0.717) is 32.1 Å². The fourth-order valence-corrected chi connectivity index (χ4v) is 2.64. The molecule has 23 heavy (non-hydrogen) atoms. The van der Waals surface area contributed by atoms with Crippen molar-refractivity contribution >= 4 is 24.2 Å². The van der Waals surface area contributed by atoms with Gasteiger partial charge in [-0.25, -0.2) is 0 Å². The zero-order valence-electron chi connectivity index (χ0n) is 13.6. The van der Waals surface area contributed by atoms with Gasteiger partial charge in [0.1, 0.15) is 0 Å². The summed E-state index contributed by atoms with van der Waals surface area (Å²) in [5, 5.41) is 6.29. The lowest BCUT2D eigenvalue weighted by molar-refractivity contribution is -0.130. The van der Waals surface area contributed by atoms with Gasteiger partial charge in [0.25, 0.3) is 0 Å². The smallest absolute Gasteiger partial charge is 0.221 e. The number of hydrogen-bond acceptors (Lipinski definition) is 3. The highest BCUT2D eigenvalue weighted by Crippen LogP contribution is 2.06. The molecule has 2 N–H and O–H groups in total. The zero-order chi connectivity index (χ0) is 15.8. The van der Waals surface area contributed by atoms with Gasteiger partial charge >= 0.3 is 0 Å². The van der Waals surface area contributed by atoms with Crippen molar-refractivity contribution in [3.8, 4) is 0 Å². The third kappa shape index (κ3) is 7.01. The number of rotatable bonds is 7. The molecule has 2 rings (SSSR count). The number of carbonyl (C=O) groups excluding carboxylic acids is 2. The van der Waals surface area contributed by atoms with Gasteiger partial charge in [-0.3, -0.25) is 9.59 Å². The highest BCUT2D eigenvalue weighted by molar-refractivity contribution is 5.85. The van der Waals surface area contributed by atoms with Gasteiger partial charge in [-0.15, -0.1) is 12.4 Å². The highest BCUT2D eigenvalue weighted by atomic mass is 35.5. The first-order valence-corrected chi connectivity index (χ1v) is 7.94. The van der Waals surface area contributed by atoms with Crippen LogP contribution in [0.3, 0.4) is 0 Å². The largest absolute Gasteiger partial charge is 0.354 e. The van der Waals surface area contributed by atoms with Crippen LogP contribution in [-0.4, -0.2) is 42.4 Å². The molecule has 0 radical (unpaired) electrons. The maximum absolute atomic E-state index is 11.9. The first-order chi connectivity index (χ1) is 10.6. The van der Waals surface area contributed by atoms with Gasteiger partial charge in [0, 0.05) is 39.0 Å². The topological polar surface area (TPSA) is 61.4 Å². The zero-order valence-corrected chi connectivity index (χ0v) is 14.4. The van der Waals surface area contributed by atoms with Crippen LogP contribution >= 0.6 is 12.4 Å². The van der Waals surface area contributed by atoms with Crippen LogP contribution in [0, 0.1) is 0 Å². The summed E-state index contributed by atoms with van der Waals surface area (Å²) in [6.07, 6.45) is 2.64. The van der Waals surface area contributed by atoms with E-state index in [-0.39, 0.29) is 24.2 Å². The lowest BCUT2D eigenvalue weighted by Gasteiger charge is -2.21. The Bertz CT molecular complexity index is 490. The molecule has 1 saturated heterocycles. The predicted molar refractivity (Wildman–Crippen MR) is 93.4 cm³/mol. The van der Waals surface area contributed by atoms with E-state index in [1.54, 1.807) is 11.8 Å². The van der Waals surface area contributed by atoms with E-state index in [2.05, 4.69) is 10.6 Å². The molecule has 0 aliphatic carbocycles. The first kappa shape index (κ1) is 19.5. The van der Waals surface area contributed by atoms with Crippen LogP contribution in [-0.2, 0) is 16.1 Å². The quantitative estimate of drug-likeness (QED) is 0.795. The summed E-state index contributed by atoms with van der Waals surface area (Å²) in [5.74, 6) is 0.00197. The van der Waals surface area contributed by atoms with Crippen molar-refractivity contribution in [2.45, 2.75) is 38.8 Å². The van der Waals surface area contributed by atoms with Gasteiger partial charge in [0.2, 0.25) is 11.8 Å². The average Bonchev–Trinajstić information content (AvgIpc) is 3.03. The number of amides is 2. The van der Waals surface area contributed by atoms with Crippen molar-refractivity contribution in [1.82, 2.24) is 15.5 Å². The summed E-state index contributed by atoms with van der Waals surface area (Å²) in [6, 6.07) is 10.2. The molecule has 1 heterocycles. The number of hydrogen-bond donors (Lipinski definition) is 2. The number of halogens is 1. The summed E-state index contributed by atoms with van der Waals surface area (Å²) >= 11 is 0. The Morgan fingerprint density at radius 1 is 1.30 bits per heavy atom. The Labute approximate surface area is 144 Å². The minimum absolute atomic E-state index is 0. The highest BCUT2D eigenvalue weighted by Gasteiger charge is 2.16. The van der Waals surface area contributed by atoms with Crippen LogP contribution in [0.4, 0.5) is 0 Å². The fourth-order valence-electron chi connectivity index (χ4n) is 2.64.